The highest BCUT2D eigenvalue weighted by molar-refractivity contribution is 7.92. The molecule has 0 aliphatic carbocycles. The number of hydrogen-bond donors (Lipinski definition) is 1. The van der Waals surface area contributed by atoms with Gasteiger partial charge in [-0.3, -0.25) is 13.9 Å². The van der Waals surface area contributed by atoms with Gasteiger partial charge in [-0.15, -0.1) is 0 Å². The molecule has 0 aliphatic rings. The fourth-order valence-electron chi connectivity index (χ4n) is 3.83. The van der Waals surface area contributed by atoms with Crippen LogP contribution in [-0.4, -0.2) is 56.1 Å². The summed E-state index contributed by atoms with van der Waals surface area (Å²) in [7, 11) is -3.66. The van der Waals surface area contributed by atoms with Crippen LogP contribution in [0.5, 0.6) is 5.75 Å². The van der Waals surface area contributed by atoms with Crippen LogP contribution in [0.25, 0.3) is 0 Å². The summed E-state index contributed by atoms with van der Waals surface area (Å²) in [6.45, 7) is 9.48. The summed E-state index contributed by atoms with van der Waals surface area (Å²) in [6.07, 6.45) is 1.33. The Kier molecular flexibility index (Phi) is 11.3. The zero-order chi connectivity index (χ0) is 28.7. The summed E-state index contributed by atoms with van der Waals surface area (Å²) in [4.78, 5) is 27.9. The number of sulfonamides is 1. The SMILES string of the molecule is CCOc1ccccc1N(CCCC(=O)N(Cc1c(Cl)cccc1Cl)C(C)C(=O)NC(C)(C)C)S(C)(=O)=O. The van der Waals surface area contributed by atoms with Gasteiger partial charge < -0.3 is 15.0 Å². The molecule has 2 rings (SSSR count). The number of nitrogens with one attached hydrogen (secondary N) is 1. The molecule has 0 spiro atoms. The monoisotopic (exact) mass is 585 g/mol. The molecule has 2 aromatic carbocycles. The number of hydrogen-bond acceptors (Lipinski definition) is 5. The quantitative estimate of drug-likeness (QED) is 0.366. The number of benzene rings is 2. The minimum absolute atomic E-state index is 0.00195. The third-order valence-corrected chi connectivity index (χ3v) is 7.53. The lowest BCUT2D eigenvalue weighted by atomic mass is 10.1. The minimum Gasteiger partial charge on any atom is -0.492 e. The van der Waals surface area contributed by atoms with Crippen molar-refractivity contribution in [2.24, 2.45) is 0 Å². The van der Waals surface area contributed by atoms with Crippen LogP contribution in [0.4, 0.5) is 5.69 Å². The van der Waals surface area contributed by atoms with Gasteiger partial charge in [0, 0.05) is 40.7 Å². The van der Waals surface area contributed by atoms with Crippen LogP contribution in [0.2, 0.25) is 10.0 Å². The van der Waals surface area contributed by atoms with Crippen LogP contribution in [0.1, 0.15) is 53.0 Å². The van der Waals surface area contributed by atoms with E-state index in [0.717, 1.165) is 6.26 Å². The Morgan fingerprint density at radius 1 is 1.05 bits per heavy atom. The van der Waals surface area contributed by atoms with Gasteiger partial charge in [-0.2, -0.15) is 0 Å². The lowest BCUT2D eigenvalue weighted by molar-refractivity contribution is -0.141. The van der Waals surface area contributed by atoms with E-state index in [4.69, 9.17) is 27.9 Å². The number of amides is 2. The average molecular weight is 587 g/mol. The first-order valence-electron chi connectivity index (χ1n) is 12.4. The molecular weight excluding hydrogens is 549 g/mol. The Morgan fingerprint density at radius 2 is 1.66 bits per heavy atom. The van der Waals surface area contributed by atoms with Gasteiger partial charge in [0.15, 0.2) is 0 Å². The third-order valence-electron chi connectivity index (χ3n) is 5.64. The zero-order valence-corrected chi connectivity index (χ0v) is 25.1. The number of carbonyl (C=O) groups is 2. The molecule has 0 saturated carbocycles. The Morgan fingerprint density at radius 3 is 2.21 bits per heavy atom. The maximum absolute atomic E-state index is 13.5. The lowest BCUT2D eigenvalue weighted by Crippen LogP contribution is -2.52. The Hall–Kier alpha value is -2.49. The molecule has 8 nitrogen and oxygen atoms in total. The van der Waals surface area contributed by atoms with Crippen molar-refractivity contribution >= 4 is 50.7 Å². The van der Waals surface area contributed by atoms with Crippen molar-refractivity contribution in [2.45, 2.75) is 65.6 Å². The van der Waals surface area contributed by atoms with Gasteiger partial charge in [0.05, 0.1) is 18.6 Å². The lowest BCUT2D eigenvalue weighted by Gasteiger charge is -2.32. The first-order chi connectivity index (χ1) is 17.7. The topological polar surface area (TPSA) is 96.0 Å². The van der Waals surface area contributed by atoms with Gasteiger partial charge in [0.2, 0.25) is 21.8 Å². The van der Waals surface area contributed by atoms with Crippen molar-refractivity contribution < 1.29 is 22.7 Å². The molecule has 0 fully saturated rings. The zero-order valence-electron chi connectivity index (χ0n) is 22.8. The molecule has 0 bridgehead atoms. The van der Waals surface area contributed by atoms with Crippen LogP contribution in [-0.2, 0) is 26.2 Å². The highest BCUT2D eigenvalue weighted by Crippen LogP contribution is 2.31. The summed E-state index contributed by atoms with van der Waals surface area (Å²) in [5, 5.41) is 3.67. The largest absolute Gasteiger partial charge is 0.492 e. The van der Waals surface area contributed by atoms with E-state index in [1.165, 1.54) is 9.21 Å². The number of ether oxygens (including phenoxy) is 1. The number of rotatable bonds is 12. The normalized spacial score (nSPS) is 12.5. The smallest absolute Gasteiger partial charge is 0.242 e. The summed E-state index contributed by atoms with van der Waals surface area (Å²) in [5.41, 5.74) is 0.441. The molecule has 1 atom stereocenters. The number of para-hydroxylation sites is 2. The van der Waals surface area contributed by atoms with E-state index in [1.807, 2.05) is 27.7 Å². The highest BCUT2D eigenvalue weighted by atomic mass is 35.5. The number of nitrogens with zero attached hydrogens (tertiary/aromatic N) is 2. The van der Waals surface area contributed by atoms with Gasteiger partial charge in [0.25, 0.3) is 0 Å². The average Bonchev–Trinajstić information content (AvgIpc) is 2.80. The van der Waals surface area contributed by atoms with Crippen molar-refractivity contribution in [3.05, 3.63) is 58.1 Å². The predicted molar refractivity (Wildman–Crippen MR) is 153 cm³/mol. The van der Waals surface area contributed by atoms with Crippen molar-refractivity contribution in [1.29, 1.82) is 0 Å². The van der Waals surface area contributed by atoms with Gasteiger partial charge in [0.1, 0.15) is 11.8 Å². The van der Waals surface area contributed by atoms with Crippen LogP contribution in [0.3, 0.4) is 0 Å². The van der Waals surface area contributed by atoms with Gasteiger partial charge in [-0.05, 0) is 65.3 Å². The fraction of sp³-hybridized carbons (Fsp3) is 0.481. The minimum atomic E-state index is -3.66. The van der Waals surface area contributed by atoms with Crippen molar-refractivity contribution in [3.63, 3.8) is 0 Å². The number of carbonyl (C=O) groups excluding carboxylic acids is 2. The summed E-state index contributed by atoms with van der Waals surface area (Å²) >= 11 is 12.7. The van der Waals surface area contributed by atoms with Crippen LogP contribution in [0.15, 0.2) is 42.5 Å². The first-order valence-corrected chi connectivity index (χ1v) is 15.0. The fourth-order valence-corrected chi connectivity index (χ4v) is 5.32. The molecule has 2 amide bonds. The van der Waals surface area contributed by atoms with E-state index in [2.05, 4.69) is 5.32 Å². The maximum Gasteiger partial charge on any atom is 0.242 e. The molecule has 0 heterocycles. The second kappa shape index (κ2) is 13.5. The molecule has 210 valence electrons. The predicted octanol–water partition coefficient (Wildman–Crippen LogP) is 5.27. The molecule has 1 N–H and O–H groups in total. The Bertz CT molecular complexity index is 1210. The standard InChI is InChI=1S/C27H37Cl2N3O5S/c1-7-37-24-15-9-8-14-23(24)32(38(6,35)36)17-11-16-25(33)31(19(2)26(34)30-27(3,4)5)18-20-21(28)12-10-13-22(20)29/h8-10,12-15,19H,7,11,16-18H2,1-6H3,(H,30,34). The van der Waals surface area contributed by atoms with E-state index in [-0.39, 0.29) is 37.7 Å². The Balaban J connectivity index is 2.28. The summed E-state index contributed by atoms with van der Waals surface area (Å²) in [6, 6.07) is 11.1. The third kappa shape index (κ3) is 9.06. The number of halogens is 2. The van der Waals surface area contributed by atoms with E-state index in [1.54, 1.807) is 49.4 Å². The molecular formula is C27H37Cl2N3O5S. The van der Waals surface area contributed by atoms with Crippen molar-refractivity contribution in [1.82, 2.24) is 10.2 Å². The van der Waals surface area contributed by atoms with Crippen molar-refractivity contribution in [2.75, 3.05) is 23.7 Å². The second-order valence-electron chi connectivity index (χ2n) is 9.98. The molecule has 38 heavy (non-hydrogen) atoms. The van der Waals surface area contributed by atoms with Gasteiger partial charge in [-0.1, -0.05) is 41.4 Å². The molecule has 0 aliphatic heterocycles. The second-order valence-corrected chi connectivity index (χ2v) is 12.7. The molecule has 1 unspecified atom stereocenters. The van der Waals surface area contributed by atoms with Crippen molar-refractivity contribution in [3.8, 4) is 5.75 Å². The van der Waals surface area contributed by atoms with Crippen LogP contribution < -0.4 is 14.4 Å². The molecule has 0 radical (unpaired) electrons. The van der Waals surface area contributed by atoms with E-state index >= 15 is 0 Å². The molecule has 2 aromatic rings. The molecule has 11 heteroatoms. The molecule has 0 saturated heterocycles. The van der Waals surface area contributed by atoms with Gasteiger partial charge in [-0.25, -0.2) is 8.42 Å². The maximum atomic E-state index is 13.5. The first kappa shape index (κ1) is 31.7. The summed E-state index contributed by atoms with van der Waals surface area (Å²) < 4.78 is 32.1. The van der Waals surface area contributed by atoms with Crippen LogP contribution >= 0.6 is 23.2 Å². The van der Waals surface area contributed by atoms with E-state index < -0.39 is 21.6 Å². The highest BCUT2D eigenvalue weighted by Gasteiger charge is 2.30. The van der Waals surface area contributed by atoms with Crippen LogP contribution in [0, 0.1) is 0 Å². The van der Waals surface area contributed by atoms with E-state index in [9.17, 15) is 18.0 Å². The molecule has 0 aromatic heterocycles. The Labute approximate surface area is 236 Å². The van der Waals surface area contributed by atoms with E-state index in [0.29, 0.717) is 33.7 Å². The van der Waals surface area contributed by atoms with Gasteiger partial charge >= 0.3 is 0 Å². The summed E-state index contributed by atoms with van der Waals surface area (Å²) in [5.74, 6) is -0.212. The number of anilines is 1.